The van der Waals surface area contributed by atoms with Crippen LogP contribution in [0.4, 0.5) is 0 Å². The van der Waals surface area contributed by atoms with Gasteiger partial charge in [0.2, 0.25) is 5.91 Å². The SMILES string of the molecule is CCN1CCN(C2CCN(C(=O)[C@]34CC[C@@H](C5(C)CC5)[C@@H]3[C@H]3CC[C@@H]5[C@@]6(C)CC[C@H](OC(=O)CC(C)(C)C(=O)O)C(C)(C)[C@@H]6CC[C@@]5(C)[C@]3(C)CC4)CC2)CC1. The molecule has 8 nitrogen and oxygen atoms in total. The number of ether oxygens (including phenoxy) is 1. The number of carboxylic acids is 1. The Hall–Kier alpha value is -1.67. The Kier molecular flexibility index (Phi) is 10.2. The number of carboxylic acid groups (broad SMARTS) is 1. The van der Waals surface area contributed by atoms with E-state index in [4.69, 9.17) is 4.74 Å². The molecule has 8 rings (SSSR count). The highest BCUT2D eigenvalue weighted by Crippen LogP contribution is 2.79. The third-order valence-electron chi connectivity index (χ3n) is 20.3. The number of hydrogen-bond donors (Lipinski definition) is 1. The van der Waals surface area contributed by atoms with Crippen LogP contribution in [-0.2, 0) is 19.1 Å². The molecule has 0 radical (unpaired) electrons. The summed E-state index contributed by atoms with van der Waals surface area (Å²) in [5.41, 5.74) is -0.512. The minimum atomic E-state index is -1.14. The van der Waals surface area contributed by atoms with Gasteiger partial charge in [0.25, 0.3) is 0 Å². The number of amides is 1. The molecular formula is C48H79N3O5. The van der Waals surface area contributed by atoms with Crippen molar-refractivity contribution >= 4 is 17.8 Å². The van der Waals surface area contributed by atoms with Gasteiger partial charge in [-0.3, -0.25) is 19.3 Å². The Labute approximate surface area is 340 Å². The highest BCUT2D eigenvalue weighted by atomic mass is 16.5. The minimum Gasteiger partial charge on any atom is -0.481 e. The molecule has 1 amide bonds. The van der Waals surface area contributed by atoms with Crippen LogP contribution in [0.25, 0.3) is 0 Å². The number of esters is 1. The number of piperidine rings is 1. The Bertz CT molecular complexity index is 1540. The molecule has 2 heterocycles. The van der Waals surface area contributed by atoms with Gasteiger partial charge < -0.3 is 19.6 Å². The van der Waals surface area contributed by atoms with E-state index in [2.05, 4.69) is 63.2 Å². The maximum absolute atomic E-state index is 15.3. The van der Waals surface area contributed by atoms with E-state index in [9.17, 15) is 14.7 Å². The molecule has 0 aromatic rings. The van der Waals surface area contributed by atoms with Crippen molar-refractivity contribution in [1.29, 1.82) is 0 Å². The predicted octanol–water partition coefficient (Wildman–Crippen LogP) is 8.91. The zero-order valence-electron chi connectivity index (χ0n) is 37.0. The molecule has 6 aliphatic carbocycles. The molecule has 2 saturated heterocycles. The molecule has 316 valence electrons. The maximum Gasteiger partial charge on any atom is 0.309 e. The molecule has 2 aliphatic heterocycles. The number of likely N-dealkylation sites (N-methyl/N-ethyl adjacent to an activating group) is 1. The fraction of sp³-hybridized carbons (Fsp3) is 0.938. The van der Waals surface area contributed by atoms with Gasteiger partial charge in [-0.25, -0.2) is 0 Å². The van der Waals surface area contributed by atoms with Crippen LogP contribution in [0.3, 0.4) is 0 Å². The molecular weight excluding hydrogens is 699 g/mol. The van der Waals surface area contributed by atoms with Gasteiger partial charge in [-0.15, -0.1) is 0 Å². The summed E-state index contributed by atoms with van der Waals surface area (Å²) in [5.74, 6) is 2.04. The summed E-state index contributed by atoms with van der Waals surface area (Å²) in [6.45, 7) is 28.5. The van der Waals surface area contributed by atoms with E-state index in [1.165, 1.54) is 71.1 Å². The highest BCUT2D eigenvalue weighted by molar-refractivity contribution is 5.84. The standard InChI is InChI=1S/C48H79N3O5/c1-10-49-27-29-50(30-28-49)32-16-25-51(26-17-32)40(53)48-20-13-33(44(6)21-22-44)39(48)34-11-12-36-45(7)18-15-37(56-38(52)31-42(2,3)41(54)55)43(4,5)35(45)14-19-47(36,9)46(34,8)23-24-48/h32-37,39H,10-31H2,1-9H3,(H,54,55)/t33-,34-,35+,36-,37+,39-,45+,46-,47-,48+/m1/s1. The molecule has 1 N–H and O–H groups in total. The van der Waals surface area contributed by atoms with Crippen molar-refractivity contribution in [3.63, 3.8) is 0 Å². The number of piperazine rings is 1. The smallest absolute Gasteiger partial charge is 0.309 e. The predicted molar refractivity (Wildman–Crippen MR) is 221 cm³/mol. The van der Waals surface area contributed by atoms with Crippen molar-refractivity contribution in [2.45, 2.75) is 171 Å². The monoisotopic (exact) mass is 778 g/mol. The topological polar surface area (TPSA) is 90.4 Å². The van der Waals surface area contributed by atoms with Crippen LogP contribution in [-0.4, -0.2) is 95.6 Å². The Balaban J connectivity index is 1.01. The average Bonchev–Trinajstić information content (AvgIpc) is 3.77. The molecule has 0 aromatic heterocycles. The summed E-state index contributed by atoms with van der Waals surface area (Å²) in [6, 6.07) is 0.630. The van der Waals surface area contributed by atoms with E-state index >= 15 is 4.79 Å². The van der Waals surface area contributed by atoms with E-state index in [0.717, 1.165) is 64.6 Å². The summed E-state index contributed by atoms with van der Waals surface area (Å²) in [4.78, 5) is 48.0. The van der Waals surface area contributed by atoms with Crippen LogP contribution < -0.4 is 0 Å². The van der Waals surface area contributed by atoms with Crippen LogP contribution in [0.2, 0.25) is 0 Å². The quantitative estimate of drug-likeness (QED) is 0.246. The van der Waals surface area contributed by atoms with Gasteiger partial charge in [0.05, 0.1) is 17.3 Å². The van der Waals surface area contributed by atoms with Crippen molar-refractivity contribution in [2.75, 3.05) is 45.8 Å². The largest absolute Gasteiger partial charge is 0.481 e. The van der Waals surface area contributed by atoms with Crippen molar-refractivity contribution in [3.05, 3.63) is 0 Å². The molecule has 0 aromatic carbocycles. The van der Waals surface area contributed by atoms with Gasteiger partial charge in [-0.2, -0.15) is 0 Å². The lowest BCUT2D eigenvalue weighted by atomic mass is 9.32. The highest BCUT2D eigenvalue weighted by Gasteiger charge is 2.74. The number of carbonyl (C=O) groups excluding carboxylic acids is 2. The number of hydrogen-bond acceptors (Lipinski definition) is 6. The lowest BCUT2D eigenvalue weighted by Crippen LogP contribution is -2.68. The molecule has 0 unspecified atom stereocenters. The van der Waals surface area contributed by atoms with Crippen LogP contribution in [0.15, 0.2) is 0 Å². The summed E-state index contributed by atoms with van der Waals surface area (Å²) in [7, 11) is 0. The van der Waals surface area contributed by atoms with Crippen molar-refractivity contribution in [2.24, 2.45) is 67.5 Å². The van der Waals surface area contributed by atoms with Crippen LogP contribution in [0.1, 0.15) is 159 Å². The second-order valence-electron chi connectivity index (χ2n) is 23.3. The van der Waals surface area contributed by atoms with Gasteiger partial charge in [-0.05, 0) is 162 Å². The van der Waals surface area contributed by atoms with Crippen molar-refractivity contribution < 1.29 is 24.2 Å². The molecule has 10 atom stereocenters. The fourth-order valence-electron chi connectivity index (χ4n) is 16.3. The molecule has 8 heteroatoms. The third-order valence-corrected chi connectivity index (χ3v) is 20.3. The average molecular weight is 778 g/mol. The van der Waals surface area contributed by atoms with Crippen molar-refractivity contribution in [3.8, 4) is 0 Å². The summed E-state index contributed by atoms with van der Waals surface area (Å²) in [6.07, 6.45) is 16.0. The molecule has 8 aliphatic rings. The van der Waals surface area contributed by atoms with Crippen LogP contribution in [0.5, 0.6) is 0 Å². The van der Waals surface area contributed by atoms with E-state index in [1.54, 1.807) is 13.8 Å². The van der Waals surface area contributed by atoms with E-state index in [1.807, 2.05) is 0 Å². The lowest BCUT2D eigenvalue weighted by Gasteiger charge is -2.73. The van der Waals surface area contributed by atoms with E-state index < -0.39 is 11.4 Å². The molecule has 8 fully saturated rings. The molecule has 0 bridgehead atoms. The van der Waals surface area contributed by atoms with Gasteiger partial charge in [-0.1, -0.05) is 48.5 Å². The zero-order chi connectivity index (χ0) is 40.3. The van der Waals surface area contributed by atoms with Crippen LogP contribution >= 0.6 is 0 Å². The lowest BCUT2D eigenvalue weighted by molar-refractivity contribution is -0.251. The number of nitrogens with zero attached hydrogens (tertiary/aromatic N) is 3. The van der Waals surface area contributed by atoms with Crippen molar-refractivity contribution in [1.82, 2.24) is 14.7 Å². The van der Waals surface area contributed by atoms with Gasteiger partial charge in [0.1, 0.15) is 6.10 Å². The van der Waals surface area contributed by atoms with Gasteiger partial charge in [0.15, 0.2) is 0 Å². The Morgan fingerprint density at radius 2 is 1.38 bits per heavy atom. The number of carbonyl (C=O) groups is 3. The van der Waals surface area contributed by atoms with Gasteiger partial charge >= 0.3 is 11.9 Å². The van der Waals surface area contributed by atoms with E-state index in [-0.39, 0.29) is 45.6 Å². The second kappa shape index (κ2) is 13.9. The molecule has 0 spiro atoms. The zero-order valence-corrected chi connectivity index (χ0v) is 37.0. The molecule has 6 saturated carbocycles. The van der Waals surface area contributed by atoms with Crippen LogP contribution in [0, 0.1) is 67.5 Å². The Morgan fingerprint density at radius 3 is 2.00 bits per heavy atom. The summed E-state index contributed by atoms with van der Waals surface area (Å²) < 4.78 is 6.24. The normalized spacial score (nSPS) is 43.8. The number of aliphatic carboxylic acids is 1. The summed E-state index contributed by atoms with van der Waals surface area (Å²) >= 11 is 0. The first-order valence-electron chi connectivity index (χ1n) is 23.4. The third kappa shape index (κ3) is 6.18. The van der Waals surface area contributed by atoms with E-state index in [0.29, 0.717) is 47.0 Å². The summed E-state index contributed by atoms with van der Waals surface area (Å²) in [5, 5.41) is 9.67. The number of likely N-dealkylation sites (tertiary alicyclic amines) is 1. The Morgan fingerprint density at radius 1 is 0.696 bits per heavy atom. The first-order valence-corrected chi connectivity index (χ1v) is 23.4. The van der Waals surface area contributed by atoms with Gasteiger partial charge in [0, 0.05) is 50.7 Å². The minimum absolute atomic E-state index is 0.0997. The number of fused-ring (bicyclic) bond motifs is 7. The second-order valence-corrected chi connectivity index (χ2v) is 23.3. The molecule has 56 heavy (non-hydrogen) atoms. The maximum atomic E-state index is 15.3. The first-order chi connectivity index (χ1) is 26.3. The fourth-order valence-corrected chi connectivity index (χ4v) is 16.3. The number of rotatable bonds is 8. The first kappa shape index (κ1) is 41.1.